The van der Waals surface area contributed by atoms with E-state index in [0.29, 0.717) is 53.7 Å². The van der Waals surface area contributed by atoms with Crippen molar-refractivity contribution in [3.8, 4) is 0 Å². The Hall–Kier alpha value is -3.22. The molecule has 2 saturated carbocycles. The normalized spacial score (nSPS) is 21.3. The number of nitrogens with zero attached hydrogens (tertiary/aromatic N) is 2. The number of carbonyl (C=O) groups excluding carboxylic acids is 1. The number of carboxylic acid groups (broad SMARTS) is 1. The van der Waals surface area contributed by atoms with E-state index < -0.39 is 5.97 Å². The molecule has 0 bridgehead atoms. The molecule has 2 aliphatic carbocycles. The monoisotopic (exact) mass is 419 g/mol. The Kier molecular flexibility index (Phi) is 4.76. The van der Waals surface area contributed by atoms with E-state index in [1.54, 1.807) is 12.3 Å². The first kappa shape index (κ1) is 19.7. The van der Waals surface area contributed by atoms with Crippen molar-refractivity contribution in [2.45, 2.75) is 57.4 Å². The molecule has 5 rings (SSSR count). The Labute approximate surface area is 179 Å². The lowest BCUT2D eigenvalue weighted by molar-refractivity contribution is -0.142. The van der Waals surface area contributed by atoms with Gasteiger partial charge in [-0.3, -0.25) is 18.8 Å². The molecule has 160 valence electrons. The third kappa shape index (κ3) is 3.69. The minimum absolute atomic E-state index is 0.0723. The van der Waals surface area contributed by atoms with Crippen LogP contribution in [0.1, 0.15) is 65.9 Å². The Morgan fingerprint density at radius 1 is 1.10 bits per heavy atom. The van der Waals surface area contributed by atoms with E-state index in [0.717, 1.165) is 18.4 Å². The number of pyridine rings is 1. The average molecular weight is 419 g/mol. The van der Waals surface area contributed by atoms with E-state index in [2.05, 4.69) is 10.3 Å². The topological polar surface area (TPSA) is 101 Å². The van der Waals surface area contributed by atoms with E-state index in [-0.39, 0.29) is 23.4 Å². The number of hydrogen-bond acceptors (Lipinski definition) is 4. The van der Waals surface area contributed by atoms with Crippen molar-refractivity contribution in [3.05, 3.63) is 57.5 Å². The van der Waals surface area contributed by atoms with Crippen LogP contribution in [0.15, 0.2) is 35.3 Å². The summed E-state index contributed by atoms with van der Waals surface area (Å²) in [5.41, 5.74) is 3.11. The molecular formula is C24H25N3O4. The molecule has 0 spiro atoms. The highest BCUT2D eigenvalue weighted by Gasteiger charge is 2.28. The zero-order valence-electron chi connectivity index (χ0n) is 17.4. The van der Waals surface area contributed by atoms with Gasteiger partial charge in [-0.25, -0.2) is 4.98 Å². The van der Waals surface area contributed by atoms with Crippen molar-refractivity contribution < 1.29 is 14.7 Å². The van der Waals surface area contributed by atoms with Crippen LogP contribution in [0.3, 0.4) is 0 Å². The second-order valence-electron chi connectivity index (χ2n) is 8.95. The molecule has 31 heavy (non-hydrogen) atoms. The first-order valence-corrected chi connectivity index (χ1v) is 10.9. The molecule has 7 heteroatoms. The van der Waals surface area contributed by atoms with Crippen LogP contribution in [0.2, 0.25) is 0 Å². The highest BCUT2D eigenvalue weighted by molar-refractivity contribution is 6.01. The smallest absolute Gasteiger partial charge is 0.306 e. The summed E-state index contributed by atoms with van der Waals surface area (Å²) in [6.07, 6.45) is 6.42. The quantitative estimate of drug-likeness (QED) is 0.631. The molecule has 2 aliphatic rings. The van der Waals surface area contributed by atoms with Crippen LogP contribution in [0.4, 0.5) is 0 Å². The molecule has 1 amide bonds. The Morgan fingerprint density at radius 2 is 1.84 bits per heavy atom. The fourth-order valence-electron chi connectivity index (χ4n) is 4.64. The van der Waals surface area contributed by atoms with Crippen LogP contribution in [-0.4, -0.2) is 32.4 Å². The lowest BCUT2D eigenvalue weighted by Crippen LogP contribution is -2.39. The Bertz CT molecular complexity index is 1270. The van der Waals surface area contributed by atoms with Gasteiger partial charge in [-0.15, -0.1) is 0 Å². The molecule has 2 fully saturated rings. The van der Waals surface area contributed by atoms with Crippen LogP contribution in [-0.2, 0) is 4.79 Å². The van der Waals surface area contributed by atoms with Crippen molar-refractivity contribution in [3.63, 3.8) is 0 Å². The predicted octanol–water partition coefficient (Wildman–Crippen LogP) is 3.41. The number of fused-ring (bicyclic) bond motifs is 2. The fourth-order valence-corrected chi connectivity index (χ4v) is 4.64. The van der Waals surface area contributed by atoms with Gasteiger partial charge in [-0.05, 0) is 80.7 Å². The summed E-state index contributed by atoms with van der Waals surface area (Å²) < 4.78 is 1.48. The average Bonchev–Trinajstić information content (AvgIpc) is 3.59. The molecule has 3 aromatic rings. The maximum Gasteiger partial charge on any atom is 0.306 e. The summed E-state index contributed by atoms with van der Waals surface area (Å²) in [7, 11) is 0. The maximum absolute atomic E-state index is 13.2. The third-order valence-corrected chi connectivity index (χ3v) is 6.58. The van der Waals surface area contributed by atoms with Crippen LogP contribution < -0.4 is 10.9 Å². The van der Waals surface area contributed by atoms with Gasteiger partial charge in [0.1, 0.15) is 0 Å². The van der Waals surface area contributed by atoms with Crippen molar-refractivity contribution in [2.24, 2.45) is 5.92 Å². The minimum Gasteiger partial charge on any atom is -0.481 e. The second-order valence-corrected chi connectivity index (χ2v) is 8.95. The summed E-state index contributed by atoms with van der Waals surface area (Å²) in [6, 6.07) is 7.52. The lowest BCUT2D eigenvalue weighted by Gasteiger charge is -2.27. The zero-order valence-corrected chi connectivity index (χ0v) is 17.4. The molecule has 2 aromatic heterocycles. The van der Waals surface area contributed by atoms with Gasteiger partial charge >= 0.3 is 5.97 Å². The van der Waals surface area contributed by atoms with Crippen LogP contribution in [0.5, 0.6) is 0 Å². The highest BCUT2D eigenvalue weighted by Crippen LogP contribution is 2.40. The minimum atomic E-state index is -0.769. The van der Waals surface area contributed by atoms with Gasteiger partial charge < -0.3 is 10.4 Å². The number of aryl methyl sites for hydroxylation is 1. The lowest BCUT2D eigenvalue weighted by atomic mass is 9.86. The van der Waals surface area contributed by atoms with Crippen molar-refractivity contribution in [1.82, 2.24) is 14.7 Å². The summed E-state index contributed by atoms with van der Waals surface area (Å²) in [5, 5.41) is 12.8. The summed E-state index contributed by atoms with van der Waals surface area (Å²) in [6.45, 7) is 1.85. The van der Waals surface area contributed by atoms with Gasteiger partial charge in [0, 0.05) is 12.2 Å². The molecule has 0 unspecified atom stereocenters. The van der Waals surface area contributed by atoms with E-state index >= 15 is 0 Å². The number of amides is 1. The van der Waals surface area contributed by atoms with E-state index in [1.807, 2.05) is 25.1 Å². The van der Waals surface area contributed by atoms with Crippen molar-refractivity contribution in [2.75, 3.05) is 0 Å². The van der Waals surface area contributed by atoms with Crippen LogP contribution >= 0.6 is 0 Å². The first-order chi connectivity index (χ1) is 14.9. The molecule has 0 saturated heterocycles. The number of benzene rings is 1. The molecular weight excluding hydrogens is 394 g/mol. The van der Waals surface area contributed by atoms with Crippen molar-refractivity contribution >= 4 is 28.4 Å². The van der Waals surface area contributed by atoms with E-state index in [4.69, 9.17) is 5.11 Å². The number of aromatic nitrogens is 2. The molecule has 1 aromatic carbocycles. The Morgan fingerprint density at radius 3 is 2.52 bits per heavy atom. The molecule has 7 nitrogen and oxygen atoms in total. The van der Waals surface area contributed by atoms with Gasteiger partial charge in [-0.1, -0.05) is 6.07 Å². The number of carboxylic acids is 1. The zero-order chi connectivity index (χ0) is 21.7. The number of hydrogen-bond donors (Lipinski definition) is 2. The molecule has 2 N–H and O–H groups in total. The fraction of sp³-hybridized carbons (Fsp3) is 0.417. The summed E-state index contributed by atoms with van der Waals surface area (Å²) in [4.78, 5) is 42.2. The van der Waals surface area contributed by atoms with Gasteiger partial charge in [0.15, 0.2) is 5.65 Å². The molecule has 2 heterocycles. The van der Waals surface area contributed by atoms with Gasteiger partial charge in [0.05, 0.1) is 22.4 Å². The summed E-state index contributed by atoms with van der Waals surface area (Å²) >= 11 is 0. The number of carbonyl (C=O) groups is 2. The van der Waals surface area contributed by atoms with E-state index in [1.165, 1.54) is 9.96 Å². The summed E-state index contributed by atoms with van der Waals surface area (Å²) in [5.74, 6) is -0.838. The predicted molar refractivity (Wildman–Crippen MR) is 117 cm³/mol. The van der Waals surface area contributed by atoms with Crippen LogP contribution in [0, 0.1) is 12.8 Å². The maximum atomic E-state index is 13.2. The SMILES string of the molecule is Cc1cc(C(=O)N[C@H]2CC[C@@H](C(=O)O)CC2)c2nc3ccc(C4CC4)cc3c(=O)n2c1. The Balaban J connectivity index is 1.50. The van der Waals surface area contributed by atoms with Gasteiger partial charge in [0.2, 0.25) is 0 Å². The number of aliphatic carboxylic acids is 1. The van der Waals surface area contributed by atoms with Crippen molar-refractivity contribution in [1.29, 1.82) is 0 Å². The standard InChI is InChI=1S/C24H25N3O4/c1-13-10-19(22(28)25-17-7-4-15(5-8-17)24(30)31)21-26-20-9-6-16(14-2-3-14)11-18(20)23(29)27(21)12-13/h6,9-12,14-15,17H,2-5,7-8H2,1H3,(H,25,28)(H,30,31)/t15-,17+. The number of rotatable bonds is 4. The van der Waals surface area contributed by atoms with E-state index in [9.17, 15) is 14.4 Å². The van der Waals surface area contributed by atoms with Crippen LogP contribution in [0.25, 0.3) is 16.6 Å². The van der Waals surface area contributed by atoms with Gasteiger partial charge in [0.25, 0.3) is 11.5 Å². The first-order valence-electron chi connectivity index (χ1n) is 10.9. The molecule has 0 radical (unpaired) electrons. The van der Waals surface area contributed by atoms with Gasteiger partial charge in [-0.2, -0.15) is 0 Å². The third-order valence-electron chi connectivity index (χ3n) is 6.58. The second kappa shape index (κ2) is 7.48. The largest absolute Gasteiger partial charge is 0.481 e. The molecule has 0 aliphatic heterocycles. The highest BCUT2D eigenvalue weighted by atomic mass is 16.4. The number of nitrogens with one attached hydrogen (secondary N) is 1. The molecule has 0 atom stereocenters.